The largest absolute Gasteiger partial charge is 0.387 e. The summed E-state index contributed by atoms with van der Waals surface area (Å²) in [5.74, 6) is 0. The zero-order valence-corrected chi connectivity index (χ0v) is 13.6. The van der Waals surface area contributed by atoms with Crippen LogP contribution in [0.4, 0.5) is 0 Å². The minimum Gasteiger partial charge on any atom is -0.387 e. The SMILES string of the molecule is CCC(O)c1c(-c2ccc(C)c(C)c2)nc2cccc(C)n12. The van der Waals surface area contributed by atoms with Gasteiger partial charge in [-0.25, -0.2) is 4.98 Å². The lowest BCUT2D eigenvalue weighted by atomic mass is 10.0. The number of nitrogens with zero attached hydrogens (tertiary/aromatic N) is 2. The van der Waals surface area contributed by atoms with Crippen LogP contribution in [0.5, 0.6) is 0 Å². The van der Waals surface area contributed by atoms with Crippen molar-refractivity contribution in [3.63, 3.8) is 0 Å². The van der Waals surface area contributed by atoms with Crippen molar-refractivity contribution < 1.29 is 5.11 Å². The maximum atomic E-state index is 10.5. The molecule has 0 aliphatic carbocycles. The lowest BCUT2D eigenvalue weighted by molar-refractivity contribution is 0.168. The highest BCUT2D eigenvalue weighted by Crippen LogP contribution is 2.32. The molecule has 0 saturated carbocycles. The van der Waals surface area contributed by atoms with Crippen LogP contribution >= 0.6 is 0 Å². The van der Waals surface area contributed by atoms with Crippen LogP contribution in [-0.4, -0.2) is 14.5 Å². The van der Waals surface area contributed by atoms with Crippen LogP contribution in [0.15, 0.2) is 36.4 Å². The van der Waals surface area contributed by atoms with Gasteiger partial charge >= 0.3 is 0 Å². The second-order valence-electron chi connectivity index (χ2n) is 5.93. The van der Waals surface area contributed by atoms with Crippen molar-refractivity contribution >= 4 is 5.65 Å². The van der Waals surface area contributed by atoms with Gasteiger partial charge in [-0.05, 0) is 56.5 Å². The first-order valence-corrected chi connectivity index (χ1v) is 7.76. The predicted molar refractivity (Wildman–Crippen MR) is 90.1 cm³/mol. The smallest absolute Gasteiger partial charge is 0.137 e. The van der Waals surface area contributed by atoms with Gasteiger partial charge in [0.1, 0.15) is 5.65 Å². The van der Waals surface area contributed by atoms with Crippen molar-refractivity contribution in [2.45, 2.75) is 40.2 Å². The minimum absolute atomic E-state index is 0.521. The highest BCUT2D eigenvalue weighted by molar-refractivity contribution is 5.68. The summed E-state index contributed by atoms with van der Waals surface area (Å²) in [4.78, 5) is 4.79. The van der Waals surface area contributed by atoms with Gasteiger partial charge in [-0.15, -0.1) is 0 Å². The molecule has 3 aromatic rings. The molecule has 0 aliphatic heterocycles. The summed E-state index contributed by atoms with van der Waals surface area (Å²) < 4.78 is 2.07. The number of hydrogen-bond acceptors (Lipinski definition) is 2. The summed E-state index contributed by atoms with van der Waals surface area (Å²) in [6.45, 7) is 8.25. The Hall–Kier alpha value is -2.13. The first-order valence-electron chi connectivity index (χ1n) is 7.76. The van der Waals surface area contributed by atoms with Crippen molar-refractivity contribution in [2.75, 3.05) is 0 Å². The second kappa shape index (κ2) is 5.58. The normalized spacial score (nSPS) is 12.8. The monoisotopic (exact) mass is 294 g/mol. The summed E-state index contributed by atoms with van der Waals surface area (Å²) in [5, 5.41) is 10.5. The topological polar surface area (TPSA) is 37.5 Å². The van der Waals surface area contributed by atoms with E-state index >= 15 is 0 Å². The Bertz CT molecular complexity index is 833. The number of fused-ring (bicyclic) bond motifs is 1. The van der Waals surface area contributed by atoms with E-state index in [1.165, 1.54) is 11.1 Å². The Kier molecular flexibility index (Phi) is 3.75. The van der Waals surface area contributed by atoms with Gasteiger partial charge in [0.15, 0.2) is 0 Å². The molecule has 114 valence electrons. The van der Waals surface area contributed by atoms with E-state index in [1.54, 1.807) is 0 Å². The molecule has 0 aliphatic rings. The van der Waals surface area contributed by atoms with E-state index < -0.39 is 6.10 Å². The van der Waals surface area contributed by atoms with Crippen LogP contribution in [0, 0.1) is 20.8 Å². The number of aliphatic hydroxyl groups excluding tert-OH is 1. The zero-order valence-electron chi connectivity index (χ0n) is 13.6. The number of pyridine rings is 1. The van der Waals surface area contributed by atoms with Crippen LogP contribution in [0.3, 0.4) is 0 Å². The van der Waals surface area contributed by atoms with Crippen molar-refractivity contribution in [1.82, 2.24) is 9.38 Å². The van der Waals surface area contributed by atoms with Gasteiger partial charge in [0, 0.05) is 11.3 Å². The molecule has 1 N–H and O–H groups in total. The zero-order chi connectivity index (χ0) is 15.9. The fourth-order valence-electron chi connectivity index (χ4n) is 2.88. The molecular formula is C19H22N2O. The molecule has 22 heavy (non-hydrogen) atoms. The Morgan fingerprint density at radius 3 is 2.55 bits per heavy atom. The molecule has 0 saturated heterocycles. The average Bonchev–Trinajstić information content (AvgIpc) is 2.90. The molecular weight excluding hydrogens is 272 g/mol. The van der Waals surface area contributed by atoms with E-state index in [0.717, 1.165) is 28.3 Å². The summed E-state index contributed by atoms with van der Waals surface area (Å²) in [6.07, 6.45) is 0.146. The number of imidazole rings is 1. The third-order valence-corrected chi connectivity index (χ3v) is 4.36. The van der Waals surface area contributed by atoms with Crippen LogP contribution < -0.4 is 0 Å². The predicted octanol–water partition coefficient (Wildman–Crippen LogP) is 4.37. The van der Waals surface area contributed by atoms with Gasteiger partial charge in [0.05, 0.1) is 17.5 Å². The molecule has 0 bridgehead atoms. The number of aryl methyl sites for hydroxylation is 3. The molecule has 3 heteroatoms. The summed E-state index contributed by atoms with van der Waals surface area (Å²) in [7, 11) is 0. The maximum Gasteiger partial charge on any atom is 0.137 e. The standard InChI is InChI=1S/C19H22N2O/c1-5-16(22)19-18(15-10-9-12(2)13(3)11-15)20-17-8-6-7-14(4)21(17)19/h6-11,16,22H,5H2,1-4H3. The average molecular weight is 294 g/mol. The van der Waals surface area contributed by atoms with E-state index in [9.17, 15) is 5.11 Å². The molecule has 0 fully saturated rings. The molecule has 1 atom stereocenters. The maximum absolute atomic E-state index is 10.5. The molecule has 2 aromatic heterocycles. The second-order valence-corrected chi connectivity index (χ2v) is 5.93. The van der Waals surface area contributed by atoms with Crippen LogP contribution in [0.25, 0.3) is 16.9 Å². The number of rotatable bonds is 3. The fraction of sp³-hybridized carbons (Fsp3) is 0.316. The van der Waals surface area contributed by atoms with E-state index in [2.05, 4.69) is 36.4 Å². The van der Waals surface area contributed by atoms with Crippen molar-refractivity contribution in [2.24, 2.45) is 0 Å². The number of benzene rings is 1. The highest BCUT2D eigenvalue weighted by atomic mass is 16.3. The van der Waals surface area contributed by atoms with Crippen LogP contribution in [0.1, 0.15) is 42.0 Å². The lowest BCUT2D eigenvalue weighted by Gasteiger charge is -2.13. The van der Waals surface area contributed by atoms with Gasteiger partial charge in [-0.2, -0.15) is 0 Å². The Morgan fingerprint density at radius 2 is 1.86 bits per heavy atom. The number of aromatic nitrogens is 2. The molecule has 3 nitrogen and oxygen atoms in total. The van der Waals surface area contributed by atoms with Crippen molar-refractivity contribution in [3.8, 4) is 11.3 Å². The quantitative estimate of drug-likeness (QED) is 0.779. The Balaban J connectivity index is 2.33. The lowest BCUT2D eigenvalue weighted by Crippen LogP contribution is -2.04. The first kappa shape index (κ1) is 14.8. The minimum atomic E-state index is -0.521. The van der Waals surface area contributed by atoms with E-state index in [-0.39, 0.29) is 0 Å². The van der Waals surface area contributed by atoms with E-state index in [4.69, 9.17) is 4.98 Å². The highest BCUT2D eigenvalue weighted by Gasteiger charge is 2.20. The number of aliphatic hydroxyl groups is 1. The Labute approximate surface area is 131 Å². The first-order chi connectivity index (χ1) is 10.5. The van der Waals surface area contributed by atoms with Gasteiger partial charge < -0.3 is 5.11 Å². The molecule has 3 rings (SSSR count). The molecule has 2 heterocycles. The third-order valence-electron chi connectivity index (χ3n) is 4.36. The molecule has 1 aromatic carbocycles. The van der Waals surface area contributed by atoms with E-state index in [0.29, 0.717) is 6.42 Å². The van der Waals surface area contributed by atoms with E-state index in [1.807, 2.05) is 32.0 Å². The van der Waals surface area contributed by atoms with Gasteiger partial charge in [-0.1, -0.05) is 25.1 Å². The molecule has 1 unspecified atom stereocenters. The molecule has 0 spiro atoms. The van der Waals surface area contributed by atoms with Crippen LogP contribution in [0.2, 0.25) is 0 Å². The van der Waals surface area contributed by atoms with Gasteiger partial charge in [0.2, 0.25) is 0 Å². The molecule has 0 amide bonds. The fourth-order valence-corrected chi connectivity index (χ4v) is 2.88. The summed E-state index contributed by atoms with van der Waals surface area (Å²) >= 11 is 0. The summed E-state index contributed by atoms with van der Waals surface area (Å²) in [5.41, 5.74) is 7.31. The van der Waals surface area contributed by atoms with Crippen molar-refractivity contribution in [3.05, 3.63) is 58.9 Å². The van der Waals surface area contributed by atoms with Gasteiger partial charge in [0.25, 0.3) is 0 Å². The molecule has 0 radical (unpaired) electrons. The van der Waals surface area contributed by atoms with Gasteiger partial charge in [-0.3, -0.25) is 4.40 Å². The number of hydrogen-bond donors (Lipinski definition) is 1. The third kappa shape index (κ3) is 2.32. The van der Waals surface area contributed by atoms with Crippen molar-refractivity contribution in [1.29, 1.82) is 0 Å². The van der Waals surface area contributed by atoms with Crippen LogP contribution in [-0.2, 0) is 0 Å². The Morgan fingerprint density at radius 1 is 1.09 bits per heavy atom. The summed E-state index contributed by atoms with van der Waals surface area (Å²) in [6, 6.07) is 12.4.